The van der Waals surface area contributed by atoms with E-state index < -0.39 is 0 Å². The lowest BCUT2D eigenvalue weighted by atomic mass is 10.3. The van der Waals surface area contributed by atoms with E-state index in [4.69, 9.17) is 16.3 Å². The van der Waals surface area contributed by atoms with Gasteiger partial charge in [0.2, 0.25) is 5.91 Å². The molecule has 26 heavy (non-hydrogen) atoms. The minimum atomic E-state index is -0.135. The average molecular weight is 410 g/mol. The number of anilines is 1. The zero-order valence-corrected chi connectivity index (χ0v) is 16.3. The number of nitrogens with one attached hydrogen (secondary N) is 1. The fourth-order valence-corrected chi connectivity index (χ4v) is 3.68. The molecule has 0 radical (unpaired) electrons. The average Bonchev–Trinajstić information content (AvgIpc) is 3.28. The van der Waals surface area contributed by atoms with Crippen LogP contribution in [0.5, 0.6) is 5.75 Å². The molecule has 3 aromatic rings. The molecule has 0 atom stereocenters. The summed E-state index contributed by atoms with van der Waals surface area (Å²) in [4.78, 5) is 16.0. The second-order valence-electron chi connectivity index (χ2n) is 5.04. The number of hydrogen-bond donors (Lipinski definition) is 1. The predicted octanol–water partition coefficient (Wildman–Crippen LogP) is 3.72. The van der Waals surface area contributed by atoms with Gasteiger partial charge >= 0.3 is 0 Å². The lowest BCUT2D eigenvalue weighted by molar-refractivity contribution is -0.113. The van der Waals surface area contributed by atoms with Crippen LogP contribution in [0.3, 0.4) is 0 Å². The van der Waals surface area contributed by atoms with Crippen molar-refractivity contribution in [3.8, 4) is 5.75 Å². The minimum absolute atomic E-state index is 0.135. The van der Waals surface area contributed by atoms with E-state index in [2.05, 4.69) is 20.5 Å². The van der Waals surface area contributed by atoms with E-state index in [0.717, 1.165) is 0 Å². The molecule has 0 saturated heterocycles. The first-order valence-corrected chi connectivity index (χ1v) is 10.0. The van der Waals surface area contributed by atoms with Crippen LogP contribution in [0.2, 0.25) is 5.02 Å². The van der Waals surface area contributed by atoms with Crippen LogP contribution in [0.1, 0.15) is 12.7 Å². The van der Waals surface area contributed by atoms with Gasteiger partial charge < -0.3 is 14.6 Å². The van der Waals surface area contributed by atoms with Crippen LogP contribution in [0, 0.1) is 0 Å². The second kappa shape index (κ2) is 9.02. The van der Waals surface area contributed by atoms with Gasteiger partial charge in [-0.15, -0.1) is 21.5 Å². The molecule has 10 heteroatoms. The van der Waals surface area contributed by atoms with E-state index >= 15 is 0 Å². The van der Waals surface area contributed by atoms with Crippen LogP contribution in [-0.2, 0) is 17.9 Å². The van der Waals surface area contributed by atoms with Crippen LogP contribution in [0.4, 0.5) is 5.13 Å². The lowest BCUT2D eigenvalue weighted by Gasteiger charge is -2.09. The maximum absolute atomic E-state index is 12.0. The summed E-state index contributed by atoms with van der Waals surface area (Å²) in [6.45, 7) is 2.91. The lowest BCUT2D eigenvalue weighted by Crippen LogP contribution is -2.14. The molecular formula is C16H16ClN5O2S2. The van der Waals surface area contributed by atoms with Crippen molar-refractivity contribution < 1.29 is 9.53 Å². The number of ether oxygens (including phenoxy) is 1. The molecule has 0 spiro atoms. The summed E-state index contributed by atoms with van der Waals surface area (Å²) in [5, 5.41) is 14.7. The molecule has 2 heterocycles. The number of hydrogen-bond acceptors (Lipinski definition) is 7. The van der Waals surface area contributed by atoms with Crippen molar-refractivity contribution in [1.29, 1.82) is 0 Å². The molecule has 0 bridgehead atoms. The number of carbonyl (C=O) groups is 1. The zero-order valence-electron chi connectivity index (χ0n) is 13.9. The van der Waals surface area contributed by atoms with Crippen molar-refractivity contribution in [3.63, 3.8) is 0 Å². The van der Waals surface area contributed by atoms with E-state index in [-0.39, 0.29) is 18.3 Å². The Bertz CT molecular complexity index is 869. The summed E-state index contributed by atoms with van der Waals surface area (Å²) >= 11 is 8.79. The number of amides is 1. The number of para-hydroxylation sites is 1. The first-order valence-electron chi connectivity index (χ1n) is 7.79. The van der Waals surface area contributed by atoms with Crippen LogP contribution in [0.15, 0.2) is 41.0 Å². The summed E-state index contributed by atoms with van der Waals surface area (Å²) in [5.41, 5.74) is 0. The van der Waals surface area contributed by atoms with E-state index in [1.807, 2.05) is 29.0 Å². The number of carbonyl (C=O) groups excluding carboxylic acids is 1. The van der Waals surface area contributed by atoms with E-state index in [0.29, 0.717) is 33.4 Å². The maximum Gasteiger partial charge on any atom is 0.236 e. The van der Waals surface area contributed by atoms with Crippen LogP contribution >= 0.6 is 34.7 Å². The van der Waals surface area contributed by atoms with Gasteiger partial charge in [-0.05, 0) is 19.1 Å². The molecule has 1 amide bonds. The van der Waals surface area contributed by atoms with Crippen molar-refractivity contribution in [1.82, 2.24) is 19.7 Å². The maximum atomic E-state index is 12.0. The number of rotatable bonds is 8. The number of aromatic nitrogens is 4. The molecule has 136 valence electrons. The van der Waals surface area contributed by atoms with E-state index in [1.54, 1.807) is 18.3 Å². The fourth-order valence-electron chi connectivity index (χ4n) is 2.12. The van der Waals surface area contributed by atoms with Crippen molar-refractivity contribution in [2.24, 2.45) is 0 Å². The Kier molecular flexibility index (Phi) is 6.48. The van der Waals surface area contributed by atoms with Crippen molar-refractivity contribution in [3.05, 3.63) is 46.7 Å². The highest BCUT2D eigenvalue weighted by molar-refractivity contribution is 7.99. The Morgan fingerprint density at radius 3 is 2.96 bits per heavy atom. The monoisotopic (exact) mass is 409 g/mol. The van der Waals surface area contributed by atoms with Gasteiger partial charge in [0.15, 0.2) is 16.1 Å². The highest BCUT2D eigenvalue weighted by Gasteiger charge is 2.14. The Balaban J connectivity index is 1.59. The van der Waals surface area contributed by atoms with Crippen LogP contribution in [0.25, 0.3) is 0 Å². The number of benzene rings is 1. The van der Waals surface area contributed by atoms with E-state index in [1.165, 1.54) is 23.1 Å². The highest BCUT2D eigenvalue weighted by Crippen LogP contribution is 2.24. The Hall–Kier alpha value is -2.10. The summed E-state index contributed by atoms with van der Waals surface area (Å²) in [6, 6.07) is 7.26. The van der Waals surface area contributed by atoms with Crippen molar-refractivity contribution >= 4 is 45.7 Å². The molecule has 0 aliphatic heterocycles. The molecule has 0 aliphatic carbocycles. The van der Waals surface area contributed by atoms with Crippen LogP contribution < -0.4 is 10.1 Å². The fraction of sp³-hybridized carbons (Fsp3) is 0.250. The number of halogens is 1. The third-order valence-corrected chi connectivity index (χ3v) is 5.28. The van der Waals surface area contributed by atoms with Crippen molar-refractivity contribution in [2.75, 3.05) is 11.1 Å². The van der Waals surface area contributed by atoms with Gasteiger partial charge in [-0.1, -0.05) is 35.5 Å². The summed E-state index contributed by atoms with van der Waals surface area (Å²) in [7, 11) is 0. The normalized spacial score (nSPS) is 10.7. The van der Waals surface area contributed by atoms with Gasteiger partial charge in [0, 0.05) is 18.1 Å². The molecule has 1 N–H and O–H groups in total. The van der Waals surface area contributed by atoms with Gasteiger partial charge in [0.25, 0.3) is 0 Å². The number of thioether (sulfide) groups is 1. The summed E-state index contributed by atoms with van der Waals surface area (Å²) in [6.07, 6.45) is 1.65. The van der Waals surface area contributed by atoms with E-state index in [9.17, 15) is 4.79 Å². The largest absolute Gasteiger partial charge is 0.484 e. The molecule has 3 rings (SSSR count). The number of thiazole rings is 1. The molecule has 0 aliphatic rings. The molecule has 1 aromatic carbocycles. The Morgan fingerprint density at radius 2 is 2.23 bits per heavy atom. The Morgan fingerprint density at radius 1 is 1.38 bits per heavy atom. The van der Waals surface area contributed by atoms with Gasteiger partial charge in [-0.2, -0.15) is 0 Å². The van der Waals surface area contributed by atoms with Crippen molar-refractivity contribution in [2.45, 2.75) is 25.2 Å². The first kappa shape index (κ1) is 18.7. The molecule has 7 nitrogen and oxygen atoms in total. The van der Waals surface area contributed by atoms with Crippen LogP contribution in [-0.4, -0.2) is 31.4 Å². The quantitative estimate of drug-likeness (QED) is 0.571. The number of nitrogens with zero attached hydrogens (tertiary/aromatic N) is 4. The van der Waals surface area contributed by atoms with Gasteiger partial charge in [-0.25, -0.2) is 4.98 Å². The molecule has 2 aromatic heterocycles. The highest BCUT2D eigenvalue weighted by atomic mass is 35.5. The third kappa shape index (κ3) is 4.75. The summed E-state index contributed by atoms with van der Waals surface area (Å²) in [5.74, 6) is 1.36. The molecule has 0 saturated carbocycles. The zero-order chi connectivity index (χ0) is 18.4. The molecular weight excluding hydrogens is 394 g/mol. The van der Waals surface area contributed by atoms with Gasteiger partial charge in [0.05, 0.1) is 10.8 Å². The third-order valence-electron chi connectivity index (χ3n) is 3.31. The standard InChI is InChI=1S/C16H16ClN5O2S2/c1-2-22-13(9-24-12-6-4-3-5-11(12)17)20-21-16(22)26-10-14(23)19-15-18-7-8-25-15/h3-8H,2,9-10H2,1H3,(H,18,19,23). The smallest absolute Gasteiger partial charge is 0.236 e. The SMILES string of the molecule is CCn1c(COc2ccccc2Cl)nnc1SCC(=O)Nc1nccs1. The second-order valence-corrected chi connectivity index (χ2v) is 7.28. The molecule has 0 fully saturated rings. The molecule has 0 unspecified atom stereocenters. The summed E-state index contributed by atoms with van der Waals surface area (Å²) < 4.78 is 7.64. The van der Waals surface area contributed by atoms with Gasteiger partial charge in [-0.3, -0.25) is 4.79 Å². The van der Waals surface area contributed by atoms with Gasteiger partial charge in [0.1, 0.15) is 12.4 Å². The first-order chi connectivity index (χ1) is 12.7. The Labute approximate surface area is 163 Å². The predicted molar refractivity (Wildman–Crippen MR) is 103 cm³/mol. The topological polar surface area (TPSA) is 81.9 Å². The minimum Gasteiger partial charge on any atom is -0.484 e.